The van der Waals surface area contributed by atoms with E-state index in [2.05, 4.69) is 84.9 Å². The van der Waals surface area contributed by atoms with E-state index >= 15 is 0 Å². The molecule has 6 aromatic carbocycles. The van der Waals surface area contributed by atoms with E-state index in [0.717, 1.165) is 44.8 Å². The smallest absolute Gasteiger partial charge is 0.164 e. The van der Waals surface area contributed by atoms with Crippen molar-refractivity contribution in [1.29, 1.82) is 0 Å². The van der Waals surface area contributed by atoms with E-state index in [0.29, 0.717) is 23.3 Å². The molecule has 0 amide bonds. The van der Waals surface area contributed by atoms with Crippen molar-refractivity contribution in [3.63, 3.8) is 0 Å². The Balaban J connectivity index is 1.11. The lowest BCUT2D eigenvalue weighted by molar-refractivity contribution is 0.353. The van der Waals surface area contributed by atoms with E-state index in [1.807, 2.05) is 78.9 Å². The van der Waals surface area contributed by atoms with Gasteiger partial charge in [0.05, 0.1) is 11.4 Å². The van der Waals surface area contributed by atoms with Gasteiger partial charge < -0.3 is 0 Å². The molecule has 54 heavy (non-hydrogen) atoms. The predicted octanol–water partition coefficient (Wildman–Crippen LogP) is 11.9. The Morgan fingerprint density at radius 2 is 0.778 bits per heavy atom. The van der Waals surface area contributed by atoms with Crippen molar-refractivity contribution in [2.24, 2.45) is 0 Å². The van der Waals surface area contributed by atoms with E-state index in [1.165, 1.54) is 54.4 Å². The van der Waals surface area contributed by atoms with Gasteiger partial charge in [-0.2, -0.15) is 0 Å². The second-order valence-electron chi connectivity index (χ2n) is 14.4. The maximum atomic E-state index is 5.23. The summed E-state index contributed by atoms with van der Waals surface area (Å²) >= 11 is 0. The number of rotatable bonds is 6. The predicted molar refractivity (Wildman–Crippen MR) is 217 cm³/mol. The molecule has 0 atom stereocenters. The maximum Gasteiger partial charge on any atom is 0.164 e. The molecule has 2 aromatic heterocycles. The van der Waals surface area contributed by atoms with Gasteiger partial charge in [-0.3, -0.25) is 0 Å². The number of fused-ring (bicyclic) bond motifs is 5. The molecule has 1 fully saturated rings. The summed E-state index contributed by atoms with van der Waals surface area (Å²) in [5.74, 6) is 2.57. The zero-order chi connectivity index (χ0) is 35.9. The van der Waals surface area contributed by atoms with Crippen LogP contribution >= 0.6 is 0 Å². The molecule has 2 aliphatic rings. The van der Waals surface area contributed by atoms with Crippen LogP contribution in [0.4, 0.5) is 0 Å². The average Bonchev–Trinajstić information content (AvgIpc) is 3.52. The summed E-state index contributed by atoms with van der Waals surface area (Å²) in [6.45, 7) is 0. The number of hydrogen-bond acceptors (Lipinski definition) is 5. The molecule has 10 rings (SSSR count). The average molecular weight is 696 g/mol. The van der Waals surface area contributed by atoms with Crippen molar-refractivity contribution in [3.05, 3.63) is 175 Å². The Morgan fingerprint density at radius 3 is 1.39 bits per heavy atom. The van der Waals surface area contributed by atoms with Gasteiger partial charge in [-0.1, -0.05) is 165 Å². The molecule has 0 saturated heterocycles. The molecule has 5 heteroatoms. The van der Waals surface area contributed by atoms with Crippen molar-refractivity contribution in [3.8, 4) is 79.2 Å². The second kappa shape index (κ2) is 13.4. The fraction of sp³-hybridized carbons (Fsp3) is 0.122. The Morgan fingerprint density at radius 1 is 0.315 bits per heavy atom. The van der Waals surface area contributed by atoms with Crippen molar-refractivity contribution >= 4 is 0 Å². The normalized spacial score (nSPS) is 14.1. The van der Waals surface area contributed by atoms with Gasteiger partial charge in [-0.15, -0.1) is 0 Å². The van der Waals surface area contributed by atoms with E-state index in [4.69, 9.17) is 24.9 Å². The first-order valence-electron chi connectivity index (χ1n) is 18.9. The fourth-order valence-corrected chi connectivity index (χ4v) is 8.52. The zero-order valence-corrected chi connectivity index (χ0v) is 29.9. The third-order valence-electron chi connectivity index (χ3n) is 11.1. The molecule has 0 N–H and O–H groups in total. The second-order valence-corrected chi connectivity index (χ2v) is 14.4. The molecule has 258 valence electrons. The van der Waals surface area contributed by atoms with Crippen LogP contribution in [0, 0.1) is 0 Å². The minimum atomic E-state index is 0.0639. The minimum absolute atomic E-state index is 0.0639. The highest BCUT2D eigenvalue weighted by Crippen LogP contribution is 2.56. The van der Waals surface area contributed by atoms with Gasteiger partial charge >= 0.3 is 0 Å². The topological polar surface area (TPSA) is 64.5 Å². The number of nitrogens with zero attached hydrogens (tertiary/aromatic N) is 5. The molecule has 2 aliphatic carbocycles. The van der Waals surface area contributed by atoms with Gasteiger partial charge in [0.2, 0.25) is 0 Å². The third-order valence-corrected chi connectivity index (χ3v) is 11.1. The molecule has 0 bridgehead atoms. The summed E-state index contributed by atoms with van der Waals surface area (Å²) in [7, 11) is 0. The molecule has 1 saturated carbocycles. The molecular weight excluding hydrogens is 659 g/mol. The summed E-state index contributed by atoms with van der Waals surface area (Å²) in [4.78, 5) is 25.3. The number of benzene rings is 6. The molecule has 8 aromatic rings. The quantitative estimate of drug-likeness (QED) is 0.173. The van der Waals surface area contributed by atoms with Gasteiger partial charge in [-0.25, -0.2) is 24.9 Å². The van der Waals surface area contributed by atoms with Gasteiger partial charge in [0.25, 0.3) is 0 Å². The van der Waals surface area contributed by atoms with Crippen LogP contribution in [0.25, 0.3) is 79.2 Å². The summed E-state index contributed by atoms with van der Waals surface area (Å²) < 4.78 is 0. The summed E-state index contributed by atoms with van der Waals surface area (Å²) in [5.41, 5.74) is 13.3. The highest BCUT2D eigenvalue weighted by Gasteiger charge is 2.43. The molecule has 1 spiro atoms. The Bertz CT molecular complexity index is 2570. The zero-order valence-electron chi connectivity index (χ0n) is 29.9. The van der Waals surface area contributed by atoms with Crippen LogP contribution in [-0.4, -0.2) is 24.9 Å². The molecule has 0 aliphatic heterocycles. The Labute approximate surface area is 315 Å². The Hall–Kier alpha value is -6.59. The number of aromatic nitrogens is 5. The summed E-state index contributed by atoms with van der Waals surface area (Å²) in [5, 5.41) is 0. The number of hydrogen-bond donors (Lipinski definition) is 0. The molecule has 0 unspecified atom stereocenters. The van der Waals surface area contributed by atoms with E-state index < -0.39 is 0 Å². The van der Waals surface area contributed by atoms with Crippen LogP contribution in [0.3, 0.4) is 0 Å². The lowest BCUT2D eigenvalue weighted by atomic mass is 9.67. The molecule has 2 heterocycles. The minimum Gasteiger partial charge on any atom is -0.228 e. The first-order valence-corrected chi connectivity index (χ1v) is 18.9. The van der Waals surface area contributed by atoms with Crippen molar-refractivity contribution in [1.82, 2.24) is 24.9 Å². The van der Waals surface area contributed by atoms with Gasteiger partial charge in [0.1, 0.15) is 0 Å². The van der Waals surface area contributed by atoms with Crippen LogP contribution in [0.2, 0.25) is 0 Å². The Kier molecular flexibility index (Phi) is 7.98. The third kappa shape index (κ3) is 5.69. The SMILES string of the molecule is c1ccc(-c2nc(-c3cccc(-c4nc(-c5ccccc5)nc(-c5ccccc5)n4)c3)cc(-c3ccc4c(c3)C3(CCCCC3)c3ccccc3-4)n2)cc1. The lowest BCUT2D eigenvalue weighted by Crippen LogP contribution is -2.28. The lowest BCUT2D eigenvalue weighted by Gasteiger charge is -2.36. The van der Waals surface area contributed by atoms with E-state index in [9.17, 15) is 0 Å². The van der Waals surface area contributed by atoms with Crippen LogP contribution in [-0.2, 0) is 5.41 Å². The van der Waals surface area contributed by atoms with Gasteiger partial charge in [0, 0.05) is 38.8 Å². The highest BCUT2D eigenvalue weighted by molar-refractivity contribution is 5.84. The van der Waals surface area contributed by atoms with E-state index in [1.54, 1.807) is 0 Å². The largest absolute Gasteiger partial charge is 0.228 e. The molecular formula is C49H37N5. The first kappa shape index (κ1) is 32.1. The van der Waals surface area contributed by atoms with Crippen LogP contribution < -0.4 is 0 Å². The molecule has 5 nitrogen and oxygen atoms in total. The summed E-state index contributed by atoms with van der Waals surface area (Å²) in [6, 6.07) is 57.0. The maximum absolute atomic E-state index is 5.23. The van der Waals surface area contributed by atoms with Crippen LogP contribution in [0.15, 0.2) is 164 Å². The van der Waals surface area contributed by atoms with Crippen LogP contribution in [0.5, 0.6) is 0 Å². The van der Waals surface area contributed by atoms with Gasteiger partial charge in [0.15, 0.2) is 23.3 Å². The monoisotopic (exact) mass is 695 g/mol. The van der Waals surface area contributed by atoms with Crippen molar-refractivity contribution in [2.75, 3.05) is 0 Å². The standard InChI is InChI=1S/C49H37N5/c1-5-16-33(17-6-1)45-50-43(32-44(51-45)37-26-27-40-39-24-11-12-25-41(39)49(42(40)31-37)28-13-4-14-29-49)36-22-15-23-38(30-36)48-53-46(34-18-7-2-8-19-34)52-47(54-48)35-20-9-3-10-21-35/h1-3,5-12,15-27,30-32H,4,13-14,28-29H2. The van der Waals surface area contributed by atoms with E-state index in [-0.39, 0.29) is 5.41 Å². The fourth-order valence-electron chi connectivity index (χ4n) is 8.52. The summed E-state index contributed by atoms with van der Waals surface area (Å²) in [6.07, 6.45) is 6.19. The van der Waals surface area contributed by atoms with Crippen molar-refractivity contribution in [2.45, 2.75) is 37.5 Å². The molecule has 0 radical (unpaired) electrons. The van der Waals surface area contributed by atoms with Crippen LogP contribution in [0.1, 0.15) is 43.2 Å². The van der Waals surface area contributed by atoms with Crippen molar-refractivity contribution < 1.29 is 0 Å². The first-order chi connectivity index (χ1) is 26.7. The highest BCUT2D eigenvalue weighted by atomic mass is 15.0. The van der Waals surface area contributed by atoms with Gasteiger partial charge in [-0.05, 0) is 53.3 Å².